The van der Waals surface area contributed by atoms with Gasteiger partial charge in [-0.15, -0.1) is 13.2 Å². The maximum absolute atomic E-state index is 15.0. The van der Waals surface area contributed by atoms with Crippen molar-refractivity contribution < 1.29 is 46.9 Å². The minimum Gasteiger partial charge on any atom is -0.505 e. The van der Waals surface area contributed by atoms with Crippen LogP contribution in [0.4, 0.5) is 17.6 Å². The van der Waals surface area contributed by atoms with Gasteiger partial charge in [0.15, 0.2) is 11.6 Å². The number of amides is 1. The Hall–Kier alpha value is -4.09. The molecule has 186 valence electrons. The number of carboxylic acids is 1. The van der Waals surface area contributed by atoms with Crippen LogP contribution in [-0.2, 0) is 9.59 Å². The zero-order valence-electron chi connectivity index (χ0n) is 18.4. The average Bonchev–Trinajstić information content (AvgIpc) is 3.06. The SMILES string of the molecule is Cc1c([C@H](C)C(=O)NCCC(=O)O)c2c(F)c(O)ccc2n1C(=O)c1ccc(OC(F)(F)F)cc1. The molecular formula is C23H20F4N2O6. The molecule has 1 amide bonds. The van der Waals surface area contributed by atoms with Crippen LogP contribution in [0.15, 0.2) is 36.4 Å². The smallest absolute Gasteiger partial charge is 0.505 e. The van der Waals surface area contributed by atoms with Gasteiger partial charge >= 0.3 is 12.3 Å². The van der Waals surface area contributed by atoms with Gasteiger partial charge in [0.1, 0.15) is 5.75 Å². The van der Waals surface area contributed by atoms with Gasteiger partial charge in [0.05, 0.1) is 17.9 Å². The first-order chi connectivity index (χ1) is 16.3. The van der Waals surface area contributed by atoms with Gasteiger partial charge in [-0.2, -0.15) is 0 Å². The molecule has 3 aromatic rings. The van der Waals surface area contributed by atoms with E-state index in [-0.39, 0.29) is 40.7 Å². The van der Waals surface area contributed by atoms with Crippen LogP contribution in [0.5, 0.6) is 11.5 Å². The highest BCUT2D eigenvalue weighted by molar-refractivity contribution is 6.05. The Morgan fingerprint density at radius 3 is 2.31 bits per heavy atom. The molecule has 0 radical (unpaired) electrons. The number of alkyl halides is 3. The maximum atomic E-state index is 15.0. The molecule has 0 saturated heterocycles. The summed E-state index contributed by atoms with van der Waals surface area (Å²) >= 11 is 0. The Labute approximate surface area is 195 Å². The molecule has 0 bridgehead atoms. The normalized spacial score (nSPS) is 12.4. The number of halogens is 4. The van der Waals surface area contributed by atoms with Gasteiger partial charge < -0.3 is 20.3 Å². The number of nitrogens with one attached hydrogen (secondary N) is 1. The van der Waals surface area contributed by atoms with Crippen molar-refractivity contribution in [3.05, 3.63) is 59.0 Å². The maximum Gasteiger partial charge on any atom is 0.573 e. The highest BCUT2D eigenvalue weighted by atomic mass is 19.4. The molecule has 0 unspecified atom stereocenters. The lowest BCUT2D eigenvalue weighted by molar-refractivity contribution is -0.274. The lowest BCUT2D eigenvalue weighted by Crippen LogP contribution is -2.30. The Bertz CT molecular complexity index is 1300. The lowest BCUT2D eigenvalue weighted by Gasteiger charge is -2.14. The van der Waals surface area contributed by atoms with Crippen molar-refractivity contribution in [1.29, 1.82) is 0 Å². The van der Waals surface area contributed by atoms with E-state index in [1.54, 1.807) is 0 Å². The third-order valence-electron chi connectivity index (χ3n) is 5.34. The van der Waals surface area contributed by atoms with Crippen molar-refractivity contribution in [2.24, 2.45) is 0 Å². The Morgan fingerprint density at radius 2 is 1.74 bits per heavy atom. The van der Waals surface area contributed by atoms with Gasteiger partial charge in [0.25, 0.3) is 5.91 Å². The molecule has 3 N–H and O–H groups in total. The van der Waals surface area contributed by atoms with E-state index in [2.05, 4.69) is 10.1 Å². The third kappa shape index (κ3) is 5.36. The number of fused-ring (bicyclic) bond motifs is 1. The summed E-state index contributed by atoms with van der Waals surface area (Å²) in [6.07, 6.45) is -5.24. The monoisotopic (exact) mass is 496 g/mol. The predicted molar refractivity (Wildman–Crippen MR) is 115 cm³/mol. The molecule has 8 nitrogen and oxygen atoms in total. The van der Waals surface area contributed by atoms with Crippen molar-refractivity contribution in [1.82, 2.24) is 9.88 Å². The van der Waals surface area contributed by atoms with E-state index in [0.717, 1.165) is 34.9 Å². The number of aromatic nitrogens is 1. The molecule has 0 aliphatic heterocycles. The zero-order valence-corrected chi connectivity index (χ0v) is 18.4. The van der Waals surface area contributed by atoms with Gasteiger partial charge in [-0.1, -0.05) is 0 Å². The van der Waals surface area contributed by atoms with E-state index in [1.807, 2.05) is 0 Å². The molecule has 12 heteroatoms. The minimum absolute atomic E-state index is 0.0265. The van der Waals surface area contributed by atoms with Gasteiger partial charge in [-0.05, 0) is 55.8 Å². The van der Waals surface area contributed by atoms with Gasteiger partial charge in [-0.3, -0.25) is 19.0 Å². The summed E-state index contributed by atoms with van der Waals surface area (Å²) in [6.45, 7) is 2.71. The molecule has 0 spiro atoms. The summed E-state index contributed by atoms with van der Waals surface area (Å²) in [6, 6.07) is 6.42. The van der Waals surface area contributed by atoms with Crippen molar-refractivity contribution in [2.45, 2.75) is 32.5 Å². The molecule has 1 atom stereocenters. The number of benzene rings is 2. The van der Waals surface area contributed by atoms with Gasteiger partial charge in [0.2, 0.25) is 5.91 Å². The first-order valence-electron chi connectivity index (χ1n) is 10.2. The molecule has 0 aliphatic rings. The number of phenolic OH excluding ortho intramolecular Hbond substituents is 1. The number of nitrogens with zero attached hydrogens (tertiary/aromatic N) is 1. The van der Waals surface area contributed by atoms with Gasteiger partial charge in [0, 0.05) is 23.2 Å². The second-order valence-corrected chi connectivity index (χ2v) is 7.66. The van der Waals surface area contributed by atoms with Crippen molar-refractivity contribution in [3.63, 3.8) is 0 Å². The van der Waals surface area contributed by atoms with Crippen molar-refractivity contribution in [3.8, 4) is 11.5 Å². The van der Waals surface area contributed by atoms with E-state index in [4.69, 9.17) is 5.11 Å². The molecule has 1 heterocycles. The van der Waals surface area contributed by atoms with E-state index >= 15 is 4.39 Å². The summed E-state index contributed by atoms with van der Waals surface area (Å²) in [5.41, 5.74) is 0.231. The summed E-state index contributed by atoms with van der Waals surface area (Å²) in [7, 11) is 0. The summed E-state index contributed by atoms with van der Waals surface area (Å²) in [4.78, 5) is 36.6. The van der Waals surface area contributed by atoms with E-state index in [0.29, 0.717) is 0 Å². The Morgan fingerprint density at radius 1 is 1.11 bits per heavy atom. The Kier molecular flexibility index (Phi) is 7.04. The van der Waals surface area contributed by atoms with Crippen LogP contribution in [0.3, 0.4) is 0 Å². The number of carbonyl (C=O) groups excluding carboxylic acids is 2. The largest absolute Gasteiger partial charge is 0.573 e. The molecule has 1 aromatic heterocycles. The molecule has 2 aromatic carbocycles. The summed E-state index contributed by atoms with van der Waals surface area (Å²) < 4.78 is 57.1. The van der Waals surface area contributed by atoms with Crippen LogP contribution < -0.4 is 10.1 Å². The van der Waals surface area contributed by atoms with Crippen LogP contribution in [0.2, 0.25) is 0 Å². The first kappa shape index (κ1) is 25.5. The fraction of sp³-hybridized carbons (Fsp3) is 0.261. The standard InChI is InChI=1S/C23H20F4N2O6/c1-11(21(33)28-10-9-17(31)32)18-12(2)29(15-7-8-16(30)20(24)19(15)18)22(34)13-3-5-14(6-4-13)35-23(25,26)27/h3-8,11,30H,9-10H2,1-2H3,(H,28,33)(H,31,32)/t11-/m0/s1. The summed E-state index contributed by atoms with van der Waals surface area (Å²) in [5.74, 6) is -5.83. The molecule has 0 fully saturated rings. The molecule has 3 rings (SSSR count). The number of phenols is 1. The van der Waals surface area contributed by atoms with Gasteiger partial charge in [-0.25, -0.2) is 4.39 Å². The topological polar surface area (TPSA) is 118 Å². The average molecular weight is 496 g/mol. The highest BCUT2D eigenvalue weighted by Crippen LogP contribution is 2.37. The number of aromatic hydroxyl groups is 1. The minimum atomic E-state index is -4.91. The molecule has 0 aliphatic carbocycles. The van der Waals surface area contributed by atoms with E-state index < -0.39 is 47.4 Å². The van der Waals surface area contributed by atoms with Crippen LogP contribution in [0.25, 0.3) is 10.9 Å². The predicted octanol–water partition coefficient (Wildman–Crippen LogP) is 4.08. The summed E-state index contributed by atoms with van der Waals surface area (Å²) in [5, 5.41) is 20.9. The first-order valence-corrected chi connectivity index (χ1v) is 10.2. The number of rotatable bonds is 7. The number of hydrogen-bond donors (Lipinski definition) is 3. The lowest BCUT2D eigenvalue weighted by atomic mass is 9.96. The van der Waals surface area contributed by atoms with E-state index in [9.17, 15) is 32.7 Å². The number of carbonyl (C=O) groups is 3. The number of hydrogen-bond acceptors (Lipinski definition) is 5. The molecular weight excluding hydrogens is 476 g/mol. The number of carboxylic acid groups (broad SMARTS) is 1. The zero-order chi connectivity index (χ0) is 26.1. The molecule has 0 saturated carbocycles. The molecule has 35 heavy (non-hydrogen) atoms. The van der Waals surface area contributed by atoms with E-state index in [1.165, 1.54) is 19.9 Å². The number of aliphatic carboxylic acids is 1. The van der Waals surface area contributed by atoms with Crippen molar-refractivity contribution in [2.75, 3.05) is 6.54 Å². The quantitative estimate of drug-likeness (QED) is 0.425. The fourth-order valence-corrected chi connectivity index (χ4v) is 3.78. The van der Waals surface area contributed by atoms with Crippen LogP contribution in [0.1, 0.15) is 40.9 Å². The fourth-order valence-electron chi connectivity index (χ4n) is 3.78. The number of ether oxygens (including phenoxy) is 1. The van der Waals surface area contributed by atoms with Crippen LogP contribution in [0, 0.1) is 12.7 Å². The second kappa shape index (κ2) is 9.65. The third-order valence-corrected chi connectivity index (χ3v) is 5.34. The van der Waals surface area contributed by atoms with Crippen LogP contribution >= 0.6 is 0 Å². The van der Waals surface area contributed by atoms with Crippen LogP contribution in [-0.4, -0.2) is 45.5 Å². The second-order valence-electron chi connectivity index (χ2n) is 7.66. The highest BCUT2D eigenvalue weighted by Gasteiger charge is 2.32. The van der Waals surface area contributed by atoms with Crippen molar-refractivity contribution >= 4 is 28.7 Å². The Balaban J connectivity index is 2.06.